The lowest BCUT2D eigenvalue weighted by Gasteiger charge is -2.71. The first kappa shape index (κ1) is 21.4. The summed E-state index contributed by atoms with van der Waals surface area (Å²) in [5.74, 6) is -0.745. The molecule has 4 aliphatic carbocycles. The van der Waals surface area contributed by atoms with Crippen LogP contribution in [0, 0.1) is 10.8 Å². The Hall–Kier alpha value is -3.93. The Morgan fingerprint density at radius 3 is 2.39 bits per heavy atom. The van der Waals surface area contributed by atoms with E-state index in [-0.39, 0.29) is 16.9 Å². The van der Waals surface area contributed by atoms with Crippen molar-refractivity contribution >= 4 is 22.8 Å². The van der Waals surface area contributed by atoms with Gasteiger partial charge in [-0.1, -0.05) is 48.5 Å². The van der Waals surface area contributed by atoms with Gasteiger partial charge in [0.15, 0.2) is 0 Å². The quantitative estimate of drug-likeness (QED) is 0.380. The van der Waals surface area contributed by atoms with E-state index in [0.717, 1.165) is 40.6 Å². The molecule has 180 valence electrons. The second-order valence-corrected chi connectivity index (χ2v) is 11.0. The Balaban J connectivity index is 1.13. The summed E-state index contributed by atoms with van der Waals surface area (Å²) in [5, 5.41) is 13.9. The number of fused-ring (bicyclic) bond motifs is 1. The zero-order chi connectivity index (χ0) is 24.5. The number of carboxylic acid groups (broad SMARTS) is 1. The molecule has 4 aromatic rings. The Kier molecular flexibility index (Phi) is 4.33. The van der Waals surface area contributed by atoms with Gasteiger partial charge in [-0.25, -0.2) is 0 Å². The fraction of sp³-hybridized carbons (Fsp3) is 0.300. The Labute approximate surface area is 209 Å². The highest BCUT2D eigenvalue weighted by atomic mass is 16.4. The molecule has 0 aliphatic heterocycles. The Bertz CT molecular complexity index is 1500. The lowest BCUT2D eigenvalue weighted by atomic mass is 9.32. The first-order valence-electron chi connectivity index (χ1n) is 12.6. The molecule has 2 aromatic heterocycles. The van der Waals surface area contributed by atoms with Crippen LogP contribution in [0.3, 0.4) is 0 Å². The minimum atomic E-state index is -0.680. The summed E-state index contributed by atoms with van der Waals surface area (Å²) in [4.78, 5) is 29.8. The first-order chi connectivity index (χ1) is 17.4. The van der Waals surface area contributed by atoms with E-state index < -0.39 is 11.4 Å². The number of aliphatic carboxylic acids is 1. The third-order valence-electron chi connectivity index (χ3n) is 8.88. The number of nitrogens with zero attached hydrogens (tertiary/aromatic N) is 2. The zero-order valence-electron chi connectivity index (χ0n) is 19.9. The topological polar surface area (TPSA) is 84.2 Å². The number of rotatable bonds is 7. The second-order valence-electron chi connectivity index (χ2n) is 11.0. The number of pyridine rings is 1. The number of hydrogen-bond acceptors (Lipinski definition) is 3. The molecule has 2 bridgehead atoms. The Morgan fingerprint density at radius 1 is 0.944 bits per heavy atom. The molecule has 36 heavy (non-hydrogen) atoms. The number of para-hydroxylation sites is 1. The molecule has 0 radical (unpaired) electrons. The van der Waals surface area contributed by atoms with Crippen LogP contribution >= 0.6 is 0 Å². The summed E-state index contributed by atoms with van der Waals surface area (Å²) < 4.78 is 2.11. The number of carbonyl (C=O) groups excluding carboxylic acids is 1. The highest BCUT2D eigenvalue weighted by Crippen LogP contribution is 2.81. The molecule has 0 atom stereocenters. The van der Waals surface area contributed by atoms with Crippen LogP contribution in [0.5, 0.6) is 0 Å². The molecule has 4 aliphatic rings. The third-order valence-corrected chi connectivity index (χ3v) is 8.88. The SMILES string of the molecule is O=C(NC1(C23CC(C(=O)O)(C2)C3)CC1)c1cccc2ccn(Cc3ccc(-c4ccccc4)nc3)c12. The summed E-state index contributed by atoms with van der Waals surface area (Å²) in [5.41, 5.74) is 3.87. The zero-order valence-corrected chi connectivity index (χ0v) is 19.9. The minimum absolute atomic E-state index is 0.0247. The summed E-state index contributed by atoms with van der Waals surface area (Å²) in [6.45, 7) is 0.617. The van der Waals surface area contributed by atoms with Gasteiger partial charge in [-0.3, -0.25) is 14.6 Å². The maximum atomic E-state index is 13.6. The molecule has 0 spiro atoms. The fourth-order valence-corrected chi connectivity index (χ4v) is 6.79. The molecule has 8 rings (SSSR count). The molecule has 6 heteroatoms. The van der Waals surface area contributed by atoms with Crippen molar-refractivity contribution in [3.63, 3.8) is 0 Å². The van der Waals surface area contributed by atoms with E-state index in [1.807, 2.05) is 73.1 Å². The van der Waals surface area contributed by atoms with Gasteiger partial charge in [-0.05, 0) is 61.3 Å². The molecule has 6 nitrogen and oxygen atoms in total. The van der Waals surface area contributed by atoms with Crippen molar-refractivity contribution in [1.29, 1.82) is 0 Å². The average molecular weight is 478 g/mol. The maximum absolute atomic E-state index is 13.6. The third kappa shape index (κ3) is 3.00. The van der Waals surface area contributed by atoms with E-state index in [1.54, 1.807) is 0 Å². The normalized spacial score (nSPS) is 25.0. The van der Waals surface area contributed by atoms with E-state index in [4.69, 9.17) is 0 Å². The van der Waals surface area contributed by atoms with Gasteiger partial charge in [0, 0.05) is 35.4 Å². The molecular formula is C30H27N3O3. The van der Waals surface area contributed by atoms with Crippen LogP contribution in [0.2, 0.25) is 0 Å². The van der Waals surface area contributed by atoms with Gasteiger partial charge in [0.2, 0.25) is 0 Å². The van der Waals surface area contributed by atoms with Crippen LogP contribution in [0.25, 0.3) is 22.2 Å². The van der Waals surface area contributed by atoms with Crippen molar-refractivity contribution in [3.05, 3.63) is 90.3 Å². The van der Waals surface area contributed by atoms with Crippen LogP contribution in [0.15, 0.2) is 79.1 Å². The molecule has 2 heterocycles. The van der Waals surface area contributed by atoms with Gasteiger partial charge >= 0.3 is 5.97 Å². The number of aromatic nitrogens is 2. The van der Waals surface area contributed by atoms with Gasteiger partial charge in [-0.15, -0.1) is 0 Å². The van der Waals surface area contributed by atoms with E-state index in [9.17, 15) is 14.7 Å². The molecule has 4 fully saturated rings. The molecule has 4 saturated carbocycles. The van der Waals surface area contributed by atoms with Crippen molar-refractivity contribution in [2.75, 3.05) is 0 Å². The van der Waals surface area contributed by atoms with Crippen LogP contribution < -0.4 is 5.32 Å². The molecule has 0 saturated heterocycles. The van der Waals surface area contributed by atoms with E-state index >= 15 is 0 Å². The van der Waals surface area contributed by atoms with Gasteiger partial charge in [0.25, 0.3) is 5.91 Å². The predicted molar refractivity (Wildman–Crippen MR) is 136 cm³/mol. The summed E-state index contributed by atoms with van der Waals surface area (Å²) in [6, 6.07) is 22.1. The molecule has 2 N–H and O–H groups in total. The first-order valence-corrected chi connectivity index (χ1v) is 12.6. The number of carbonyl (C=O) groups is 2. The average Bonchev–Trinajstić information content (AvgIpc) is 3.48. The monoisotopic (exact) mass is 477 g/mol. The van der Waals surface area contributed by atoms with Gasteiger partial charge < -0.3 is 15.0 Å². The molecular weight excluding hydrogens is 450 g/mol. The lowest BCUT2D eigenvalue weighted by Crippen LogP contribution is -2.73. The summed E-state index contributed by atoms with van der Waals surface area (Å²) in [6.07, 6.45) is 7.89. The number of amides is 1. The summed E-state index contributed by atoms with van der Waals surface area (Å²) >= 11 is 0. The lowest BCUT2D eigenvalue weighted by molar-refractivity contribution is -0.236. The minimum Gasteiger partial charge on any atom is -0.481 e. The number of carboxylic acids is 1. The fourth-order valence-electron chi connectivity index (χ4n) is 6.79. The van der Waals surface area contributed by atoms with Crippen LogP contribution in [-0.4, -0.2) is 32.1 Å². The van der Waals surface area contributed by atoms with Crippen molar-refractivity contribution in [2.24, 2.45) is 10.8 Å². The predicted octanol–water partition coefficient (Wildman–Crippen LogP) is 5.27. The smallest absolute Gasteiger partial charge is 0.309 e. The van der Waals surface area contributed by atoms with Crippen molar-refractivity contribution in [3.8, 4) is 11.3 Å². The molecule has 0 unspecified atom stereocenters. The van der Waals surface area contributed by atoms with E-state index in [0.29, 0.717) is 31.4 Å². The summed E-state index contributed by atoms with van der Waals surface area (Å²) in [7, 11) is 0. The van der Waals surface area contributed by atoms with Crippen LogP contribution in [0.1, 0.15) is 48.0 Å². The van der Waals surface area contributed by atoms with E-state index in [2.05, 4.69) is 20.9 Å². The van der Waals surface area contributed by atoms with Gasteiger partial charge in [0.05, 0.1) is 22.2 Å². The number of benzene rings is 2. The standard InChI is InChI=1S/C30H27N3O3/c34-26(32-30(12-13-30)29-17-28(18-29,19-29)27(35)36)23-8-4-7-22-11-14-33(25(22)23)16-20-9-10-24(31-15-20)21-5-2-1-3-6-21/h1-11,14-15H,12-13,16-19H2,(H,32,34)(H,35,36). The van der Waals surface area contributed by atoms with Crippen LogP contribution in [0.4, 0.5) is 0 Å². The van der Waals surface area contributed by atoms with Gasteiger partial charge in [-0.2, -0.15) is 0 Å². The van der Waals surface area contributed by atoms with Crippen molar-refractivity contribution in [1.82, 2.24) is 14.9 Å². The largest absolute Gasteiger partial charge is 0.481 e. The number of nitrogens with one attached hydrogen (secondary N) is 1. The van der Waals surface area contributed by atoms with Crippen LogP contribution in [-0.2, 0) is 11.3 Å². The maximum Gasteiger partial charge on any atom is 0.309 e. The second kappa shape index (κ2) is 7.29. The van der Waals surface area contributed by atoms with Gasteiger partial charge in [0.1, 0.15) is 0 Å². The Morgan fingerprint density at radius 2 is 1.72 bits per heavy atom. The molecule has 1 amide bonds. The highest BCUT2D eigenvalue weighted by molar-refractivity contribution is 6.06. The molecule has 2 aromatic carbocycles. The number of hydrogen-bond donors (Lipinski definition) is 2. The van der Waals surface area contributed by atoms with Crippen molar-refractivity contribution < 1.29 is 14.7 Å². The highest BCUT2D eigenvalue weighted by Gasteiger charge is 2.81. The van der Waals surface area contributed by atoms with E-state index in [1.165, 1.54) is 0 Å². The van der Waals surface area contributed by atoms with Crippen molar-refractivity contribution in [2.45, 2.75) is 44.2 Å².